The summed E-state index contributed by atoms with van der Waals surface area (Å²) in [6.45, 7) is 0. The van der Waals surface area contributed by atoms with E-state index in [1.807, 2.05) is 36.4 Å². The molecule has 0 aliphatic heterocycles. The van der Waals surface area contributed by atoms with Gasteiger partial charge in [-0.25, -0.2) is 0 Å². The lowest BCUT2D eigenvalue weighted by Gasteiger charge is -2.02. The minimum absolute atomic E-state index is 0.483. The van der Waals surface area contributed by atoms with Crippen molar-refractivity contribution in [3.8, 4) is 11.5 Å². The Kier molecular flexibility index (Phi) is 5.08. The van der Waals surface area contributed by atoms with Crippen LogP contribution in [-0.4, -0.2) is 10.2 Å². The lowest BCUT2D eigenvalue weighted by atomic mass is 10.2. The molecule has 0 radical (unpaired) electrons. The van der Waals surface area contributed by atoms with E-state index in [2.05, 4.69) is 26.1 Å². The number of thioether (sulfide) groups is 1. The lowest BCUT2D eigenvalue weighted by Crippen LogP contribution is -1.82. The third kappa shape index (κ3) is 3.66. The monoisotopic (exact) mass is 414 g/mol. The molecule has 1 heterocycles. The highest BCUT2D eigenvalue weighted by molar-refractivity contribution is 9.10. The first-order valence-corrected chi connectivity index (χ1v) is 8.82. The third-order valence-corrected chi connectivity index (χ3v) is 5.02. The van der Waals surface area contributed by atoms with E-state index in [0.29, 0.717) is 26.9 Å². The van der Waals surface area contributed by atoms with Gasteiger partial charge in [-0.05, 0) is 45.8 Å². The fourth-order valence-corrected chi connectivity index (χ4v) is 3.57. The van der Waals surface area contributed by atoms with Gasteiger partial charge in [-0.3, -0.25) is 0 Å². The predicted octanol–water partition coefficient (Wildman–Crippen LogP) is 6.10. The minimum atomic E-state index is 0.483. The van der Waals surface area contributed by atoms with Gasteiger partial charge < -0.3 is 4.42 Å². The zero-order valence-corrected chi connectivity index (χ0v) is 15.0. The van der Waals surface area contributed by atoms with E-state index in [0.717, 1.165) is 15.6 Å². The van der Waals surface area contributed by atoms with Crippen LogP contribution in [0.1, 0.15) is 5.56 Å². The van der Waals surface area contributed by atoms with Crippen molar-refractivity contribution in [2.75, 3.05) is 0 Å². The maximum Gasteiger partial charge on any atom is 0.277 e. The Hall–Kier alpha value is -1.01. The normalized spacial score (nSPS) is 10.9. The Labute approximate surface area is 150 Å². The van der Waals surface area contributed by atoms with E-state index < -0.39 is 0 Å². The van der Waals surface area contributed by atoms with Crippen LogP contribution in [-0.2, 0) is 5.75 Å². The molecule has 3 aromatic rings. The Morgan fingerprint density at radius 1 is 1.09 bits per heavy atom. The maximum absolute atomic E-state index is 6.15. The first-order chi connectivity index (χ1) is 10.6. The van der Waals surface area contributed by atoms with Crippen LogP contribution in [0.2, 0.25) is 10.0 Å². The summed E-state index contributed by atoms with van der Waals surface area (Å²) in [6.07, 6.45) is 0. The molecule has 22 heavy (non-hydrogen) atoms. The first kappa shape index (κ1) is 15.9. The minimum Gasteiger partial charge on any atom is -0.411 e. The summed E-state index contributed by atoms with van der Waals surface area (Å²) in [4.78, 5) is 0. The molecule has 0 N–H and O–H groups in total. The van der Waals surface area contributed by atoms with Gasteiger partial charge in [-0.2, -0.15) is 0 Å². The van der Waals surface area contributed by atoms with Crippen LogP contribution >= 0.6 is 50.9 Å². The second-order valence-electron chi connectivity index (χ2n) is 4.38. The summed E-state index contributed by atoms with van der Waals surface area (Å²) in [7, 11) is 0. The number of aromatic nitrogens is 2. The van der Waals surface area contributed by atoms with Gasteiger partial charge in [0.05, 0.1) is 5.56 Å². The van der Waals surface area contributed by atoms with Crippen molar-refractivity contribution in [1.29, 1.82) is 0 Å². The van der Waals surface area contributed by atoms with Crippen LogP contribution in [0.3, 0.4) is 0 Å². The molecule has 2 aromatic carbocycles. The Balaban J connectivity index is 1.74. The standard InChI is InChI=1S/C15H9BrCl2N2OS/c16-12-4-2-1-3-11(12)14-19-20-15(21-14)22-8-9-5-6-10(17)7-13(9)18/h1-7H,8H2. The van der Waals surface area contributed by atoms with E-state index in [-0.39, 0.29) is 0 Å². The van der Waals surface area contributed by atoms with Crippen molar-refractivity contribution in [2.24, 2.45) is 0 Å². The zero-order chi connectivity index (χ0) is 15.5. The second-order valence-corrected chi connectivity index (χ2v) is 7.00. The molecule has 0 bridgehead atoms. The highest BCUT2D eigenvalue weighted by atomic mass is 79.9. The average Bonchev–Trinajstić information content (AvgIpc) is 2.95. The lowest BCUT2D eigenvalue weighted by molar-refractivity contribution is 0.465. The molecule has 0 amide bonds. The molecule has 112 valence electrons. The summed E-state index contributed by atoms with van der Waals surface area (Å²) in [5, 5.41) is 9.87. The molecule has 0 aliphatic carbocycles. The maximum atomic E-state index is 6.15. The molecule has 0 spiro atoms. The fraction of sp³-hybridized carbons (Fsp3) is 0.0667. The van der Waals surface area contributed by atoms with Crippen molar-refractivity contribution >= 4 is 50.9 Å². The number of nitrogens with zero attached hydrogens (tertiary/aromatic N) is 2. The molecule has 0 atom stereocenters. The number of hydrogen-bond acceptors (Lipinski definition) is 4. The molecule has 0 fully saturated rings. The van der Waals surface area contributed by atoms with Crippen LogP contribution in [0.25, 0.3) is 11.5 Å². The summed E-state index contributed by atoms with van der Waals surface area (Å²) in [5.41, 5.74) is 1.84. The molecular formula is C15H9BrCl2N2OS. The SMILES string of the molecule is Clc1ccc(CSc2nnc(-c3ccccc3Br)o2)c(Cl)c1. The number of rotatable bonds is 4. The van der Waals surface area contributed by atoms with Gasteiger partial charge in [0.2, 0.25) is 5.89 Å². The fourth-order valence-electron chi connectivity index (χ4n) is 1.79. The molecule has 0 saturated carbocycles. The number of benzene rings is 2. The zero-order valence-electron chi connectivity index (χ0n) is 11.1. The molecule has 7 heteroatoms. The highest BCUT2D eigenvalue weighted by Crippen LogP contribution is 2.31. The topological polar surface area (TPSA) is 38.9 Å². The molecule has 3 nitrogen and oxygen atoms in total. The molecule has 0 saturated heterocycles. The summed E-state index contributed by atoms with van der Waals surface area (Å²) in [5.74, 6) is 1.12. The second kappa shape index (κ2) is 7.04. The quantitative estimate of drug-likeness (QED) is 0.482. The summed E-state index contributed by atoms with van der Waals surface area (Å²) >= 11 is 16.9. The molecule has 0 unspecified atom stereocenters. The van der Waals surface area contributed by atoms with Crippen molar-refractivity contribution in [2.45, 2.75) is 11.0 Å². The largest absolute Gasteiger partial charge is 0.411 e. The van der Waals surface area contributed by atoms with Crippen LogP contribution in [0.4, 0.5) is 0 Å². The van der Waals surface area contributed by atoms with Crippen molar-refractivity contribution in [1.82, 2.24) is 10.2 Å². The summed E-state index contributed by atoms with van der Waals surface area (Å²) in [6, 6.07) is 13.1. The van der Waals surface area contributed by atoms with Gasteiger partial charge >= 0.3 is 0 Å². The Bertz CT molecular complexity index is 810. The van der Waals surface area contributed by atoms with Crippen LogP contribution < -0.4 is 0 Å². The Morgan fingerprint density at radius 2 is 1.91 bits per heavy atom. The summed E-state index contributed by atoms with van der Waals surface area (Å²) < 4.78 is 6.59. The van der Waals surface area contributed by atoms with Gasteiger partial charge in [0.1, 0.15) is 0 Å². The smallest absolute Gasteiger partial charge is 0.277 e. The van der Waals surface area contributed by atoms with Gasteiger partial charge in [0.15, 0.2) is 0 Å². The first-order valence-electron chi connectivity index (χ1n) is 6.28. The van der Waals surface area contributed by atoms with Crippen molar-refractivity contribution in [3.05, 3.63) is 62.5 Å². The number of hydrogen-bond donors (Lipinski definition) is 0. The molecule has 1 aromatic heterocycles. The predicted molar refractivity (Wildman–Crippen MR) is 93.5 cm³/mol. The van der Waals surface area contributed by atoms with Crippen LogP contribution in [0.15, 0.2) is 56.6 Å². The molecule has 0 aliphatic rings. The van der Waals surface area contributed by atoms with E-state index in [9.17, 15) is 0 Å². The average molecular weight is 416 g/mol. The number of halogens is 3. The molecular weight excluding hydrogens is 407 g/mol. The van der Waals surface area contributed by atoms with Gasteiger partial charge in [0, 0.05) is 20.3 Å². The van der Waals surface area contributed by atoms with Gasteiger partial charge in [0.25, 0.3) is 5.22 Å². The molecule has 3 rings (SSSR count). The third-order valence-electron chi connectivity index (χ3n) is 2.88. The van der Waals surface area contributed by atoms with Crippen LogP contribution in [0.5, 0.6) is 0 Å². The van der Waals surface area contributed by atoms with Gasteiger partial charge in [-0.15, -0.1) is 10.2 Å². The Morgan fingerprint density at radius 3 is 2.68 bits per heavy atom. The van der Waals surface area contributed by atoms with E-state index in [4.69, 9.17) is 27.6 Å². The van der Waals surface area contributed by atoms with Crippen molar-refractivity contribution < 1.29 is 4.42 Å². The highest BCUT2D eigenvalue weighted by Gasteiger charge is 2.12. The van der Waals surface area contributed by atoms with E-state index in [1.54, 1.807) is 6.07 Å². The van der Waals surface area contributed by atoms with Gasteiger partial charge in [-0.1, -0.05) is 53.2 Å². The van der Waals surface area contributed by atoms with E-state index in [1.165, 1.54) is 11.8 Å². The van der Waals surface area contributed by atoms with Crippen LogP contribution in [0, 0.1) is 0 Å². The van der Waals surface area contributed by atoms with E-state index >= 15 is 0 Å². The van der Waals surface area contributed by atoms with Crippen molar-refractivity contribution in [3.63, 3.8) is 0 Å².